The van der Waals surface area contributed by atoms with Gasteiger partial charge in [0.2, 0.25) is 0 Å². The van der Waals surface area contributed by atoms with Gasteiger partial charge < -0.3 is 9.84 Å². The molecule has 0 saturated carbocycles. The van der Waals surface area contributed by atoms with Gasteiger partial charge in [-0.3, -0.25) is 0 Å². The summed E-state index contributed by atoms with van der Waals surface area (Å²) in [7, 11) is 0. The van der Waals surface area contributed by atoms with Gasteiger partial charge in [-0.05, 0) is 41.3 Å². The maximum Gasteiger partial charge on any atom is 0.511 e. The molecule has 0 radical (unpaired) electrons. The minimum Gasteiger partial charge on any atom is -0.449 e. The molecule has 3 nitrogen and oxygen atoms in total. The van der Waals surface area contributed by atoms with E-state index in [1.807, 2.05) is 12.1 Å². The zero-order valence-electron chi connectivity index (χ0n) is 10.3. The number of aryl methyl sites for hydroxylation is 1. The Kier molecular flexibility index (Phi) is 3.82. The van der Waals surface area contributed by atoms with Crippen LogP contribution in [-0.2, 0) is 6.42 Å². The summed E-state index contributed by atoms with van der Waals surface area (Å²) in [5.74, 6) is 0.358. The molecule has 0 unspecified atom stereocenters. The highest BCUT2D eigenvalue weighted by atomic mass is 16.7. The minimum absolute atomic E-state index is 0.358. The number of unbranched alkanes of at least 4 members (excludes halogenated alkanes) is 1. The molecule has 3 heteroatoms. The first-order valence-corrected chi connectivity index (χ1v) is 6.12. The van der Waals surface area contributed by atoms with Crippen LogP contribution < -0.4 is 4.74 Å². The Bertz CT molecular complexity index is 561. The fraction of sp³-hybridized carbons (Fsp3) is 0.267. The molecule has 0 aliphatic heterocycles. The second-order valence-electron chi connectivity index (χ2n) is 4.31. The average molecular weight is 244 g/mol. The molecule has 2 aromatic rings. The zero-order chi connectivity index (χ0) is 13.0. The van der Waals surface area contributed by atoms with E-state index in [4.69, 9.17) is 5.11 Å². The standard InChI is InChI=1S/C15H16O3/c1-2-3-4-11-5-6-13-10-14(18-15(16)17)8-7-12(13)9-11/h5-10H,2-4H2,1H3,(H,16,17). The van der Waals surface area contributed by atoms with Crippen LogP contribution >= 0.6 is 0 Å². The van der Waals surface area contributed by atoms with Crippen LogP contribution in [0.2, 0.25) is 0 Å². The fourth-order valence-corrected chi connectivity index (χ4v) is 1.97. The molecular formula is C15H16O3. The van der Waals surface area contributed by atoms with Crippen molar-refractivity contribution >= 4 is 16.9 Å². The number of carbonyl (C=O) groups is 1. The molecule has 0 aromatic heterocycles. The van der Waals surface area contributed by atoms with Crippen LogP contribution in [0, 0.1) is 0 Å². The molecule has 0 bridgehead atoms. The van der Waals surface area contributed by atoms with Crippen molar-refractivity contribution in [1.82, 2.24) is 0 Å². The number of ether oxygens (including phenoxy) is 1. The van der Waals surface area contributed by atoms with E-state index >= 15 is 0 Å². The monoisotopic (exact) mass is 244 g/mol. The third kappa shape index (κ3) is 3.00. The summed E-state index contributed by atoms with van der Waals surface area (Å²) in [6.45, 7) is 2.18. The zero-order valence-corrected chi connectivity index (χ0v) is 10.3. The van der Waals surface area contributed by atoms with E-state index in [-0.39, 0.29) is 0 Å². The lowest BCUT2D eigenvalue weighted by Crippen LogP contribution is -2.02. The highest BCUT2D eigenvalue weighted by molar-refractivity contribution is 5.85. The lowest BCUT2D eigenvalue weighted by atomic mass is 10.0. The quantitative estimate of drug-likeness (QED) is 0.646. The molecule has 0 aliphatic rings. The van der Waals surface area contributed by atoms with Crippen LogP contribution in [0.25, 0.3) is 10.8 Å². The molecule has 0 fully saturated rings. The van der Waals surface area contributed by atoms with Gasteiger partial charge in [-0.25, -0.2) is 4.79 Å². The van der Waals surface area contributed by atoms with Crippen LogP contribution in [0.15, 0.2) is 36.4 Å². The first kappa shape index (κ1) is 12.4. The second kappa shape index (κ2) is 5.54. The lowest BCUT2D eigenvalue weighted by Gasteiger charge is -2.05. The Hall–Kier alpha value is -2.03. The van der Waals surface area contributed by atoms with E-state index in [0.29, 0.717) is 5.75 Å². The number of rotatable bonds is 4. The summed E-state index contributed by atoms with van der Waals surface area (Å²) in [6.07, 6.45) is 2.17. The van der Waals surface area contributed by atoms with E-state index in [9.17, 15) is 4.79 Å². The second-order valence-corrected chi connectivity index (χ2v) is 4.31. The summed E-state index contributed by atoms with van der Waals surface area (Å²) < 4.78 is 4.63. The normalized spacial score (nSPS) is 10.5. The van der Waals surface area contributed by atoms with E-state index < -0.39 is 6.16 Å². The third-order valence-corrected chi connectivity index (χ3v) is 2.90. The Morgan fingerprint density at radius 3 is 2.61 bits per heavy atom. The number of fused-ring (bicyclic) bond motifs is 1. The van der Waals surface area contributed by atoms with Crippen molar-refractivity contribution in [2.45, 2.75) is 26.2 Å². The van der Waals surface area contributed by atoms with Crippen LogP contribution in [0.1, 0.15) is 25.3 Å². The molecule has 2 aromatic carbocycles. The summed E-state index contributed by atoms with van der Waals surface area (Å²) in [4.78, 5) is 10.5. The average Bonchev–Trinajstić information content (AvgIpc) is 2.35. The maximum absolute atomic E-state index is 10.5. The van der Waals surface area contributed by atoms with Gasteiger partial charge in [0.1, 0.15) is 5.75 Å². The molecular weight excluding hydrogens is 228 g/mol. The van der Waals surface area contributed by atoms with Gasteiger partial charge >= 0.3 is 6.16 Å². The van der Waals surface area contributed by atoms with Crippen molar-refractivity contribution in [3.8, 4) is 5.75 Å². The van der Waals surface area contributed by atoms with Crippen LogP contribution in [0.5, 0.6) is 5.75 Å². The number of carboxylic acid groups (broad SMARTS) is 1. The molecule has 0 atom stereocenters. The summed E-state index contributed by atoms with van der Waals surface area (Å²) in [5, 5.41) is 10.7. The molecule has 18 heavy (non-hydrogen) atoms. The fourth-order valence-electron chi connectivity index (χ4n) is 1.97. The smallest absolute Gasteiger partial charge is 0.449 e. The Morgan fingerprint density at radius 1 is 1.17 bits per heavy atom. The molecule has 0 amide bonds. The molecule has 94 valence electrons. The first-order valence-electron chi connectivity index (χ1n) is 6.12. The van der Waals surface area contributed by atoms with Crippen molar-refractivity contribution in [3.05, 3.63) is 42.0 Å². The first-order chi connectivity index (χ1) is 8.69. The molecule has 0 spiro atoms. The number of hydrogen-bond acceptors (Lipinski definition) is 2. The Morgan fingerprint density at radius 2 is 1.89 bits per heavy atom. The maximum atomic E-state index is 10.5. The summed E-state index contributed by atoms with van der Waals surface area (Å²) in [6, 6.07) is 11.6. The molecule has 1 N–H and O–H groups in total. The van der Waals surface area contributed by atoms with Crippen molar-refractivity contribution in [2.24, 2.45) is 0 Å². The van der Waals surface area contributed by atoms with Gasteiger partial charge in [0.15, 0.2) is 0 Å². The predicted molar refractivity (Wildman–Crippen MR) is 71.2 cm³/mol. The summed E-state index contributed by atoms with van der Waals surface area (Å²) >= 11 is 0. The minimum atomic E-state index is -1.28. The van der Waals surface area contributed by atoms with Gasteiger partial charge in [0.25, 0.3) is 0 Å². The van der Waals surface area contributed by atoms with E-state index in [0.717, 1.165) is 17.2 Å². The molecule has 2 rings (SSSR count). The molecule has 0 heterocycles. The SMILES string of the molecule is CCCCc1ccc2cc(OC(=O)O)ccc2c1. The van der Waals surface area contributed by atoms with Gasteiger partial charge in [-0.2, -0.15) is 0 Å². The largest absolute Gasteiger partial charge is 0.511 e. The lowest BCUT2D eigenvalue weighted by molar-refractivity contribution is 0.144. The summed E-state index contributed by atoms with van der Waals surface area (Å²) in [5.41, 5.74) is 1.32. The predicted octanol–water partition coefficient (Wildman–Crippen LogP) is 4.24. The van der Waals surface area contributed by atoms with Gasteiger partial charge in [-0.1, -0.05) is 37.6 Å². The van der Waals surface area contributed by atoms with Crippen molar-refractivity contribution in [2.75, 3.05) is 0 Å². The highest BCUT2D eigenvalue weighted by Gasteiger charge is 2.03. The Balaban J connectivity index is 2.27. The molecule has 0 aliphatic carbocycles. The van der Waals surface area contributed by atoms with Crippen molar-refractivity contribution in [3.63, 3.8) is 0 Å². The topological polar surface area (TPSA) is 46.5 Å². The van der Waals surface area contributed by atoms with Gasteiger partial charge in [-0.15, -0.1) is 0 Å². The van der Waals surface area contributed by atoms with Gasteiger partial charge in [0, 0.05) is 0 Å². The van der Waals surface area contributed by atoms with Crippen molar-refractivity contribution < 1.29 is 14.6 Å². The Labute approximate surface area is 106 Å². The third-order valence-electron chi connectivity index (χ3n) is 2.90. The highest BCUT2D eigenvalue weighted by Crippen LogP contribution is 2.22. The van der Waals surface area contributed by atoms with E-state index in [2.05, 4.69) is 23.8 Å². The van der Waals surface area contributed by atoms with Gasteiger partial charge in [0.05, 0.1) is 0 Å². The van der Waals surface area contributed by atoms with Crippen LogP contribution in [0.3, 0.4) is 0 Å². The van der Waals surface area contributed by atoms with Crippen molar-refractivity contribution in [1.29, 1.82) is 0 Å². The van der Waals surface area contributed by atoms with E-state index in [1.54, 1.807) is 12.1 Å². The number of benzene rings is 2. The number of hydrogen-bond donors (Lipinski definition) is 1. The van der Waals surface area contributed by atoms with E-state index in [1.165, 1.54) is 18.4 Å². The van der Waals surface area contributed by atoms with Crippen LogP contribution in [-0.4, -0.2) is 11.3 Å². The van der Waals surface area contributed by atoms with Crippen LogP contribution in [0.4, 0.5) is 4.79 Å². The molecule has 0 saturated heterocycles.